The fraction of sp³-hybridized carbons (Fsp3) is 0.526. The summed E-state index contributed by atoms with van der Waals surface area (Å²) >= 11 is 2.46. The number of hydrogen-bond acceptors (Lipinski definition) is 6. The van der Waals surface area contributed by atoms with Gasteiger partial charge in [-0.15, -0.1) is 22.7 Å². The number of epoxide rings is 1. The number of thiophene rings is 2. The van der Waals surface area contributed by atoms with Gasteiger partial charge >= 0.3 is 5.97 Å². The summed E-state index contributed by atoms with van der Waals surface area (Å²) in [6.07, 6.45) is -1.57. The van der Waals surface area contributed by atoms with Crippen molar-refractivity contribution in [2.75, 3.05) is 14.0 Å². The third kappa shape index (κ3) is 2.84. The van der Waals surface area contributed by atoms with Crippen LogP contribution in [0.1, 0.15) is 30.8 Å². The van der Waals surface area contributed by atoms with Gasteiger partial charge < -0.3 is 36.0 Å². The Kier molecular flexibility index (Phi) is 3.31. The molecule has 0 spiro atoms. The maximum Gasteiger partial charge on any atom is 0.349 e. The molecule has 8 heteroatoms. The molecule has 5 atom stereocenters. The van der Waals surface area contributed by atoms with Crippen molar-refractivity contribution in [3.63, 3.8) is 0 Å². The molecule has 0 aromatic carbocycles. The lowest BCUT2D eigenvalue weighted by molar-refractivity contribution is -0.938. The van der Waals surface area contributed by atoms with E-state index in [0.717, 1.165) is 0 Å². The van der Waals surface area contributed by atoms with Crippen molar-refractivity contribution < 1.29 is 49.1 Å². The number of likely N-dealkylation sites (N-methyl/N-ethyl adjacent to an activating group) is 1. The summed E-state index contributed by atoms with van der Waals surface area (Å²) in [6.45, 7) is -5.53. The van der Waals surface area contributed by atoms with Gasteiger partial charge in [-0.3, -0.25) is 0 Å². The summed E-state index contributed by atoms with van der Waals surface area (Å²) in [5, 5.41) is 14.9. The zero-order valence-corrected chi connectivity index (χ0v) is 17.3. The zero-order chi connectivity index (χ0) is 23.1. The number of esters is 1. The first-order valence-electron chi connectivity index (χ1n) is 11.5. The van der Waals surface area contributed by atoms with Crippen molar-refractivity contribution in [1.29, 1.82) is 0 Å². The van der Waals surface area contributed by atoms with E-state index in [-0.39, 0.29) is 29.8 Å². The molecular weight excluding hydrogens is 450 g/mol. The van der Waals surface area contributed by atoms with Crippen LogP contribution in [0.3, 0.4) is 0 Å². The number of hydrogen-bond donors (Lipinski definition) is 1. The highest BCUT2D eigenvalue weighted by atomic mass is 79.9. The Morgan fingerprint density at radius 2 is 1.78 bits per heavy atom. The molecular formula is C19H22BrNO4S2. The second-order valence-electron chi connectivity index (χ2n) is 7.14. The van der Waals surface area contributed by atoms with Gasteiger partial charge in [0, 0.05) is 12.8 Å². The van der Waals surface area contributed by atoms with Gasteiger partial charge in [-0.05, 0) is 22.9 Å². The number of morpholine rings is 1. The number of nitrogens with zero attached hydrogens (tertiary/aromatic N) is 1. The molecule has 0 saturated carbocycles. The van der Waals surface area contributed by atoms with Crippen LogP contribution in [0.4, 0.5) is 0 Å². The van der Waals surface area contributed by atoms with Crippen molar-refractivity contribution in [3.05, 3.63) is 44.8 Å². The lowest BCUT2D eigenvalue weighted by Gasteiger charge is -2.45. The van der Waals surface area contributed by atoms with E-state index in [1.807, 2.05) is 0 Å². The molecule has 0 aliphatic carbocycles. The normalized spacial score (nSPS) is 37.3. The van der Waals surface area contributed by atoms with E-state index < -0.39 is 60.4 Å². The van der Waals surface area contributed by atoms with Crippen molar-refractivity contribution in [2.45, 2.75) is 48.8 Å². The summed E-state index contributed by atoms with van der Waals surface area (Å²) in [5.74, 6) is -0.843. The molecule has 1 N–H and O–H groups in total. The average Bonchev–Trinajstić information content (AvgIpc) is 3.07. The second kappa shape index (κ2) is 6.64. The predicted octanol–water partition coefficient (Wildman–Crippen LogP) is -0.650. The molecule has 146 valence electrons. The van der Waals surface area contributed by atoms with E-state index in [1.165, 1.54) is 22.7 Å². The van der Waals surface area contributed by atoms with Crippen LogP contribution in [0.15, 0.2) is 35.0 Å². The first-order valence-corrected chi connectivity index (χ1v) is 10.2. The minimum Gasteiger partial charge on any atom is -1.00 e. The summed E-state index contributed by atoms with van der Waals surface area (Å²) in [6, 6.07) is 5.10. The summed E-state index contributed by atoms with van der Waals surface area (Å²) in [7, 11) is 0. The zero-order valence-electron chi connectivity index (χ0n) is 20.1. The highest BCUT2D eigenvalue weighted by molar-refractivity contribution is 7.12. The van der Waals surface area contributed by atoms with E-state index in [9.17, 15) is 9.90 Å². The molecule has 2 aromatic rings. The number of rotatable bonds is 4. The predicted molar refractivity (Wildman–Crippen MR) is 99.1 cm³/mol. The monoisotopic (exact) mass is 477 g/mol. The van der Waals surface area contributed by atoms with Gasteiger partial charge in [0.1, 0.15) is 30.4 Å². The molecule has 27 heavy (non-hydrogen) atoms. The van der Waals surface area contributed by atoms with E-state index >= 15 is 0 Å². The Hall–Kier alpha value is -0.770. The molecule has 3 saturated heterocycles. The molecule has 3 aliphatic heterocycles. The number of aliphatic hydroxyl groups is 1. The van der Waals surface area contributed by atoms with E-state index in [2.05, 4.69) is 0 Å². The molecule has 3 aliphatic rings. The topological polar surface area (TPSA) is 59.1 Å². The molecule has 5 rings (SSSR count). The molecule has 5 nitrogen and oxygen atoms in total. The first kappa shape index (κ1) is 13.5. The lowest BCUT2D eigenvalue weighted by Crippen LogP contribution is -3.00. The standard InChI is InChI=1S/C19H22NO4S2.BrH/c1-20(2)12-9-11(10-13(20)17-16(12)24-17)23-18(21)19(22,14-5-3-7-25-14)15-6-4-8-26-15;/h3-8,11-13,16-17,22H,9-10H2,1-2H3;1H/q+1;/p-1/t11?,12-,13-,16-,17+;/m1./s1/i1D3,2D3;. The molecule has 5 heterocycles. The van der Waals surface area contributed by atoms with Crippen molar-refractivity contribution in [1.82, 2.24) is 0 Å². The number of fused-ring (bicyclic) bond motifs is 5. The molecule has 2 aromatic heterocycles. The number of quaternary nitrogens is 1. The molecule has 3 fully saturated rings. The summed E-state index contributed by atoms with van der Waals surface area (Å²) in [5.41, 5.74) is -1.97. The van der Waals surface area contributed by atoms with E-state index in [4.69, 9.17) is 17.7 Å². The third-order valence-electron chi connectivity index (χ3n) is 5.70. The largest absolute Gasteiger partial charge is 1.00 e. The Labute approximate surface area is 185 Å². The first-order chi connectivity index (χ1) is 14.9. The third-order valence-corrected chi connectivity index (χ3v) is 7.66. The second-order valence-corrected chi connectivity index (χ2v) is 9.04. The van der Waals surface area contributed by atoms with Crippen LogP contribution in [0.2, 0.25) is 0 Å². The minimum absolute atomic E-state index is 0. The molecule has 2 bridgehead atoms. The van der Waals surface area contributed by atoms with Crippen LogP contribution in [0.5, 0.6) is 0 Å². The van der Waals surface area contributed by atoms with E-state index in [0.29, 0.717) is 9.75 Å². The Bertz CT molecular complexity index is 944. The maximum atomic E-state index is 13.3. The summed E-state index contributed by atoms with van der Waals surface area (Å²) in [4.78, 5) is 14.1. The maximum absolute atomic E-state index is 13.3. The summed E-state index contributed by atoms with van der Waals surface area (Å²) < 4.78 is 58.8. The number of halogens is 1. The fourth-order valence-corrected chi connectivity index (χ4v) is 6.04. The number of piperidine rings is 1. The van der Waals surface area contributed by atoms with Gasteiger partial charge in [-0.25, -0.2) is 4.79 Å². The average molecular weight is 478 g/mol. The highest BCUT2D eigenvalue weighted by Gasteiger charge is 2.71. The Morgan fingerprint density at radius 1 is 1.22 bits per heavy atom. The number of ether oxygens (including phenoxy) is 2. The Balaban J connectivity index is 0.00000259. The smallest absolute Gasteiger partial charge is 0.349 e. The van der Waals surface area contributed by atoms with Crippen molar-refractivity contribution in [3.8, 4) is 0 Å². The van der Waals surface area contributed by atoms with Gasteiger partial charge in [0.15, 0.2) is 0 Å². The van der Waals surface area contributed by atoms with Gasteiger partial charge in [0.2, 0.25) is 5.60 Å². The van der Waals surface area contributed by atoms with Crippen LogP contribution in [0, 0.1) is 0 Å². The van der Waals surface area contributed by atoms with Crippen LogP contribution in [-0.4, -0.2) is 59.9 Å². The number of carbonyl (C=O) groups excluding carboxylic acids is 1. The highest BCUT2D eigenvalue weighted by Crippen LogP contribution is 2.52. The number of carbonyl (C=O) groups is 1. The minimum atomic E-state index is -2.76. The molecule has 0 radical (unpaired) electrons. The van der Waals surface area contributed by atoms with Gasteiger partial charge in [-0.2, -0.15) is 0 Å². The van der Waals surface area contributed by atoms with Gasteiger partial charge in [0.25, 0.3) is 0 Å². The van der Waals surface area contributed by atoms with Crippen molar-refractivity contribution >= 4 is 28.6 Å². The van der Waals surface area contributed by atoms with Gasteiger partial charge in [0.05, 0.1) is 31.9 Å². The molecule has 1 unspecified atom stereocenters. The van der Waals surface area contributed by atoms with Crippen LogP contribution in [0.25, 0.3) is 0 Å². The lowest BCUT2D eigenvalue weighted by atomic mass is 9.95. The Morgan fingerprint density at radius 3 is 2.22 bits per heavy atom. The van der Waals surface area contributed by atoms with Crippen LogP contribution < -0.4 is 17.0 Å². The van der Waals surface area contributed by atoms with Crippen molar-refractivity contribution in [2.24, 2.45) is 0 Å². The fourth-order valence-electron chi connectivity index (χ4n) is 4.32. The van der Waals surface area contributed by atoms with Crippen LogP contribution in [-0.2, 0) is 19.9 Å². The van der Waals surface area contributed by atoms with E-state index in [1.54, 1.807) is 35.0 Å². The van der Waals surface area contributed by atoms with Crippen LogP contribution >= 0.6 is 22.7 Å². The van der Waals surface area contributed by atoms with Gasteiger partial charge in [-0.1, -0.05) is 12.1 Å². The quantitative estimate of drug-likeness (QED) is 0.361. The molecule has 0 amide bonds. The SMILES string of the molecule is [2H]C([2H])([2H])[N+]1(C([2H])([2H])[2H])[C@@H]2CC(OC(=O)C(O)(c3cccs3)c3cccs3)C[C@@H]1[C@H]1O[C@H]12.[Br-].